The Bertz CT molecular complexity index is 686. The van der Waals surface area contributed by atoms with E-state index in [1.807, 2.05) is 0 Å². The quantitative estimate of drug-likeness (QED) is 0.609. The summed E-state index contributed by atoms with van der Waals surface area (Å²) in [6, 6.07) is 11.5. The van der Waals surface area contributed by atoms with Crippen molar-refractivity contribution in [1.29, 1.82) is 0 Å². The number of methoxy groups -OCH3 is 1. The second kappa shape index (κ2) is 6.91. The highest BCUT2D eigenvalue weighted by atomic mass is 127. The molecule has 0 heterocycles. The van der Waals surface area contributed by atoms with E-state index in [1.54, 1.807) is 42.5 Å². The Balaban J connectivity index is 2.12. The number of benzene rings is 2. The van der Waals surface area contributed by atoms with Crippen molar-refractivity contribution in [2.45, 2.75) is 0 Å². The first-order chi connectivity index (χ1) is 10.0. The van der Waals surface area contributed by atoms with Crippen LogP contribution in [-0.2, 0) is 4.74 Å². The first-order valence-electron chi connectivity index (χ1n) is 5.96. The summed E-state index contributed by atoms with van der Waals surface area (Å²) < 4.78 is 5.49. The minimum Gasteiger partial charge on any atom is -0.465 e. The van der Waals surface area contributed by atoms with Crippen LogP contribution in [0.15, 0.2) is 42.5 Å². The molecule has 0 saturated heterocycles. The number of halogens is 2. The molecule has 1 amide bonds. The number of amides is 1. The number of ether oxygens (including phenoxy) is 1. The van der Waals surface area contributed by atoms with Crippen LogP contribution in [-0.4, -0.2) is 19.0 Å². The molecule has 21 heavy (non-hydrogen) atoms. The molecule has 0 atom stereocenters. The minimum atomic E-state index is -0.419. The second-order valence-corrected chi connectivity index (χ2v) is 5.72. The molecule has 2 aromatic carbocycles. The van der Waals surface area contributed by atoms with Gasteiger partial charge in [-0.1, -0.05) is 11.6 Å². The smallest absolute Gasteiger partial charge is 0.337 e. The van der Waals surface area contributed by atoms with Crippen LogP contribution in [0.4, 0.5) is 5.69 Å². The number of carbonyl (C=O) groups excluding carboxylic acids is 2. The van der Waals surface area contributed by atoms with E-state index in [9.17, 15) is 9.59 Å². The summed E-state index contributed by atoms with van der Waals surface area (Å²) in [6.07, 6.45) is 0. The molecule has 1 N–H and O–H groups in total. The van der Waals surface area contributed by atoms with Crippen LogP contribution >= 0.6 is 34.2 Å². The monoisotopic (exact) mass is 415 g/mol. The molecule has 0 aliphatic carbocycles. The van der Waals surface area contributed by atoms with Crippen molar-refractivity contribution >= 4 is 51.8 Å². The van der Waals surface area contributed by atoms with Crippen LogP contribution in [0.2, 0.25) is 5.02 Å². The third-order valence-electron chi connectivity index (χ3n) is 2.75. The van der Waals surface area contributed by atoms with Crippen molar-refractivity contribution in [2.75, 3.05) is 12.4 Å². The van der Waals surface area contributed by atoms with E-state index in [1.165, 1.54) is 7.11 Å². The molecule has 0 aliphatic heterocycles. The first kappa shape index (κ1) is 15.8. The lowest BCUT2D eigenvalue weighted by atomic mass is 10.2. The minimum absolute atomic E-state index is 0.265. The maximum atomic E-state index is 12.1. The van der Waals surface area contributed by atoms with Crippen LogP contribution in [0.3, 0.4) is 0 Å². The molecule has 2 rings (SSSR count). The maximum absolute atomic E-state index is 12.1. The molecule has 0 aromatic heterocycles. The Hall–Kier alpha value is -1.60. The number of esters is 1. The highest BCUT2D eigenvalue weighted by molar-refractivity contribution is 14.1. The molecule has 0 saturated carbocycles. The van der Waals surface area contributed by atoms with Crippen molar-refractivity contribution in [3.05, 3.63) is 62.2 Å². The Labute approximate surface area is 140 Å². The van der Waals surface area contributed by atoms with Gasteiger partial charge in [-0.2, -0.15) is 0 Å². The van der Waals surface area contributed by atoms with Crippen LogP contribution < -0.4 is 5.32 Å². The average molecular weight is 416 g/mol. The van der Waals surface area contributed by atoms with Gasteiger partial charge in [0.25, 0.3) is 5.91 Å². The largest absolute Gasteiger partial charge is 0.465 e. The van der Waals surface area contributed by atoms with E-state index in [-0.39, 0.29) is 5.91 Å². The Morgan fingerprint density at radius 2 is 1.71 bits per heavy atom. The number of hydrogen-bond donors (Lipinski definition) is 1. The van der Waals surface area contributed by atoms with Crippen molar-refractivity contribution in [3.8, 4) is 0 Å². The number of hydrogen-bond acceptors (Lipinski definition) is 3. The van der Waals surface area contributed by atoms with Crippen LogP contribution in [0.1, 0.15) is 20.7 Å². The van der Waals surface area contributed by atoms with Crippen molar-refractivity contribution in [3.63, 3.8) is 0 Å². The third kappa shape index (κ3) is 3.95. The molecule has 2 aromatic rings. The molecule has 108 valence electrons. The Morgan fingerprint density at radius 3 is 2.29 bits per heavy atom. The molecule has 6 heteroatoms. The molecule has 4 nitrogen and oxygen atoms in total. The molecule has 0 unspecified atom stereocenters. The predicted octanol–water partition coefficient (Wildman–Crippen LogP) is 3.98. The molecular weight excluding hydrogens is 405 g/mol. The summed E-state index contributed by atoms with van der Waals surface area (Å²) in [5, 5.41) is 3.27. The van der Waals surface area contributed by atoms with Gasteiger partial charge < -0.3 is 10.1 Å². The summed E-state index contributed by atoms with van der Waals surface area (Å²) in [5.41, 5.74) is 1.48. The SMILES string of the molecule is COC(=O)c1ccc(NC(=O)c2ccc(I)c(Cl)c2)cc1. The lowest BCUT2D eigenvalue weighted by Crippen LogP contribution is -2.12. The van der Waals surface area contributed by atoms with Crippen LogP contribution in [0, 0.1) is 3.57 Å². The third-order valence-corrected chi connectivity index (χ3v) is 4.32. The van der Waals surface area contributed by atoms with Gasteiger partial charge in [-0.15, -0.1) is 0 Å². The lowest BCUT2D eigenvalue weighted by molar-refractivity contribution is 0.0600. The summed E-state index contributed by atoms with van der Waals surface area (Å²) in [6.45, 7) is 0. The van der Waals surface area contributed by atoms with Gasteiger partial charge in [0.15, 0.2) is 0 Å². The van der Waals surface area contributed by atoms with Gasteiger partial charge in [0.05, 0.1) is 17.7 Å². The standard InChI is InChI=1S/C15H11ClINO3/c1-21-15(20)9-2-5-11(6-3-9)18-14(19)10-4-7-13(17)12(16)8-10/h2-8H,1H3,(H,18,19). The summed E-state index contributed by atoms with van der Waals surface area (Å²) in [5.74, 6) is -0.684. The average Bonchev–Trinajstić information content (AvgIpc) is 2.50. The van der Waals surface area contributed by atoms with Gasteiger partial charge in [0.2, 0.25) is 0 Å². The number of nitrogens with one attached hydrogen (secondary N) is 1. The number of anilines is 1. The van der Waals surface area contributed by atoms with E-state index in [0.29, 0.717) is 21.8 Å². The summed E-state index contributed by atoms with van der Waals surface area (Å²) >= 11 is 8.09. The highest BCUT2D eigenvalue weighted by Gasteiger charge is 2.09. The Kier molecular flexibility index (Phi) is 5.19. The molecular formula is C15H11ClINO3. The Morgan fingerprint density at radius 1 is 1.10 bits per heavy atom. The number of rotatable bonds is 3. The molecule has 0 spiro atoms. The molecule has 0 bridgehead atoms. The fourth-order valence-corrected chi connectivity index (χ4v) is 2.16. The normalized spacial score (nSPS) is 10.0. The lowest BCUT2D eigenvalue weighted by Gasteiger charge is -2.07. The fraction of sp³-hybridized carbons (Fsp3) is 0.0667. The van der Waals surface area contributed by atoms with Gasteiger partial charge in [0.1, 0.15) is 0 Å². The molecule has 0 radical (unpaired) electrons. The van der Waals surface area contributed by atoms with Gasteiger partial charge in [0, 0.05) is 14.8 Å². The predicted molar refractivity (Wildman–Crippen MR) is 89.9 cm³/mol. The van der Waals surface area contributed by atoms with Gasteiger partial charge >= 0.3 is 5.97 Å². The topological polar surface area (TPSA) is 55.4 Å². The van der Waals surface area contributed by atoms with E-state index in [2.05, 4.69) is 32.6 Å². The van der Waals surface area contributed by atoms with Crippen LogP contribution in [0.25, 0.3) is 0 Å². The fourth-order valence-electron chi connectivity index (χ4n) is 1.65. The maximum Gasteiger partial charge on any atom is 0.337 e. The zero-order chi connectivity index (χ0) is 15.4. The van der Waals surface area contributed by atoms with E-state index in [4.69, 9.17) is 11.6 Å². The second-order valence-electron chi connectivity index (χ2n) is 4.15. The van der Waals surface area contributed by atoms with Crippen molar-refractivity contribution in [2.24, 2.45) is 0 Å². The van der Waals surface area contributed by atoms with Crippen molar-refractivity contribution < 1.29 is 14.3 Å². The zero-order valence-electron chi connectivity index (χ0n) is 11.0. The van der Waals surface area contributed by atoms with E-state index in [0.717, 1.165) is 3.57 Å². The van der Waals surface area contributed by atoms with Gasteiger partial charge in [-0.3, -0.25) is 4.79 Å². The first-order valence-corrected chi connectivity index (χ1v) is 7.41. The molecule has 0 aliphatic rings. The van der Waals surface area contributed by atoms with Gasteiger partial charge in [-0.25, -0.2) is 4.79 Å². The van der Waals surface area contributed by atoms with Crippen LogP contribution in [0.5, 0.6) is 0 Å². The van der Waals surface area contributed by atoms with Gasteiger partial charge in [-0.05, 0) is 65.1 Å². The van der Waals surface area contributed by atoms with E-state index < -0.39 is 5.97 Å². The highest BCUT2D eigenvalue weighted by Crippen LogP contribution is 2.20. The number of carbonyl (C=O) groups is 2. The molecule has 0 fully saturated rings. The summed E-state index contributed by atoms with van der Waals surface area (Å²) in [7, 11) is 1.32. The van der Waals surface area contributed by atoms with Crippen molar-refractivity contribution in [1.82, 2.24) is 0 Å². The summed E-state index contributed by atoms with van der Waals surface area (Å²) in [4.78, 5) is 23.4. The zero-order valence-corrected chi connectivity index (χ0v) is 13.9. The van der Waals surface area contributed by atoms with E-state index >= 15 is 0 Å².